The Bertz CT molecular complexity index is 343. The minimum absolute atomic E-state index is 0.0513. The summed E-state index contributed by atoms with van der Waals surface area (Å²) < 4.78 is 18.4. The average molecular weight is 215 g/mol. The van der Waals surface area contributed by atoms with Gasteiger partial charge in [0.25, 0.3) is 0 Å². The maximum absolute atomic E-state index is 12.1. The van der Waals surface area contributed by atoms with E-state index in [-0.39, 0.29) is 12.2 Å². The van der Waals surface area contributed by atoms with Crippen LogP contribution in [0.2, 0.25) is 0 Å². The molecule has 6 heteroatoms. The van der Waals surface area contributed by atoms with Crippen LogP contribution in [0.15, 0.2) is 6.20 Å². The van der Waals surface area contributed by atoms with E-state index in [0.29, 0.717) is 0 Å². The number of hydrogen-bond acceptors (Lipinski definition) is 4. The third kappa shape index (κ3) is 4.05. The van der Waals surface area contributed by atoms with Gasteiger partial charge in [0, 0.05) is 0 Å². The van der Waals surface area contributed by atoms with Crippen LogP contribution < -0.4 is 0 Å². The van der Waals surface area contributed by atoms with Gasteiger partial charge in [-0.1, -0.05) is 5.21 Å². The zero-order valence-corrected chi connectivity index (χ0v) is 9.03. The first-order chi connectivity index (χ1) is 6.90. The quantitative estimate of drug-likeness (QED) is 0.708. The zero-order chi connectivity index (χ0) is 11.5. The predicted octanol–water partition coefficient (Wildman–Crippen LogP) is 1.09. The Morgan fingerprint density at radius 2 is 2.27 bits per heavy atom. The number of ether oxygens (including phenoxy) is 1. The topological polar surface area (TPSA) is 57.0 Å². The standard InChI is InChI=1S/C9H14FN3O2/c1-9(2,3)15-8(14)6-13-5-7(4-10)11-12-13/h5H,4,6H2,1-3H3. The first-order valence-corrected chi connectivity index (χ1v) is 4.57. The summed E-state index contributed by atoms with van der Waals surface area (Å²) in [6, 6.07) is 0. The lowest BCUT2D eigenvalue weighted by molar-refractivity contribution is -0.155. The summed E-state index contributed by atoms with van der Waals surface area (Å²) in [5, 5.41) is 7.10. The van der Waals surface area contributed by atoms with Gasteiger partial charge in [0.15, 0.2) is 0 Å². The van der Waals surface area contributed by atoms with Crippen molar-refractivity contribution in [2.24, 2.45) is 0 Å². The summed E-state index contributed by atoms with van der Waals surface area (Å²) in [6.45, 7) is 4.59. The number of alkyl halides is 1. The molecule has 0 amide bonds. The number of halogens is 1. The summed E-state index contributed by atoms with van der Waals surface area (Å²) in [5.74, 6) is -0.419. The van der Waals surface area contributed by atoms with Crippen molar-refractivity contribution in [3.8, 4) is 0 Å². The maximum Gasteiger partial charge on any atom is 0.328 e. The summed E-state index contributed by atoms with van der Waals surface area (Å²) in [4.78, 5) is 11.3. The van der Waals surface area contributed by atoms with E-state index in [2.05, 4.69) is 10.3 Å². The Labute approximate surface area is 87.2 Å². The van der Waals surface area contributed by atoms with Crippen molar-refractivity contribution >= 4 is 5.97 Å². The second kappa shape index (κ2) is 4.37. The molecule has 0 aliphatic rings. The molecular weight excluding hydrogens is 201 g/mol. The van der Waals surface area contributed by atoms with Crippen LogP contribution in [-0.4, -0.2) is 26.6 Å². The highest BCUT2D eigenvalue weighted by Crippen LogP contribution is 2.07. The van der Waals surface area contributed by atoms with Crippen LogP contribution in [0.4, 0.5) is 4.39 Å². The molecule has 0 saturated heterocycles. The summed E-state index contributed by atoms with van der Waals surface area (Å²) in [5.41, 5.74) is -0.320. The first kappa shape index (κ1) is 11.6. The van der Waals surface area contributed by atoms with E-state index in [4.69, 9.17) is 4.74 Å². The number of nitrogens with zero attached hydrogens (tertiary/aromatic N) is 3. The van der Waals surface area contributed by atoms with Gasteiger partial charge in [-0.3, -0.25) is 4.79 Å². The molecule has 0 fully saturated rings. The van der Waals surface area contributed by atoms with E-state index in [1.54, 1.807) is 20.8 Å². The SMILES string of the molecule is CC(C)(C)OC(=O)Cn1cc(CF)nn1. The Morgan fingerprint density at radius 1 is 1.60 bits per heavy atom. The molecule has 0 atom stereocenters. The number of esters is 1. The zero-order valence-electron chi connectivity index (χ0n) is 9.03. The lowest BCUT2D eigenvalue weighted by Crippen LogP contribution is -2.26. The van der Waals surface area contributed by atoms with Gasteiger partial charge in [-0.05, 0) is 20.8 Å². The third-order valence-electron chi connectivity index (χ3n) is 1.43. The van der Waals surface area contributed by atoms with E-state index < -0.39 is 18.2 Å². The lowest BCUT2D eigenvalue weighted by Gasteiger charge is -2.19. The van der Waals surface area contributed by atoms with Crippen molar-refractivity contribution in [2.45, 2.75) is 39.6 Å². The number of carbonyl (C=O) groups excluding carboxylic acids is 1. The molecule has 0 spiro atoms. The van der Waals surface area contributed by atoms with Crippen LogP contribution >= 0.6 is 0 Å². The average Bonchev–Trinajstić information content (AvgIpc) is 2.48. The van der Waals surface area contributed by atoms with Gasteiger partial charge in [-0.15, -0.1) is 5.10 Å². The molecule has 5 nitrogen and oxygen atoms in total. The highest BCUT2D eigenvalue weighted by molar-refractivity contribution is 5.69. The molecule has 0 N–H and O–H groups in total. The molecule has 1 aromatic heterocycles. The fourth-order valence-electron chi connectivity index (χ4n) is 0.983. The lowest BCUT2D eigenvalue weighted by atomic mass is 10.2. The van der Waals surface area contributed by atoms with Gasteiger partial charge in [-0.2, -0.15) is 0 Å². The molecule has 1 heterocycles. The number of rotatable bonds is 3. The molecule has 1 rings (SSSR count). The molecule has 84 valence electrons. The normalized spacial score (nSPS) is 11.5. The molecule has 0 aliphatic heterocycles. The number of carbonyl (C=O) groups is 1. The summed E-state index contributed by atoms with van der Waals surface area (Å²) in [7, 11) is 0. The molecule has 0 bridgehead atoms. The van der Waals surface area contributed by atoms with Crippen LogP contribution in [0.1, 0.15) is 26.5 Å². The third-order valence-corrected chi connectivity index (χ3v) is 1.43. The number of aromatic nitrogens is 3. The van der Waals surface area contributed by atoms with Crippen molar-refractivity contribution in [1.82, 2.24) is 15.0 Å². The van der Waals surface area contributed by atoms with Crippen LogP contribution in [0.25, 0.3) is 0 Å². The van der Waals surface area contributed by atoms with Gasteiger partial charge < -0.3 is 4.74 Å². The number of hydrogen-bond donors (Lipinski definition) is 0. The monoisotopic (exact) mass is 215 g/mol. The Morgan fingerprint density at radius 3 is 2.73 bits per heavy atom. The summed E-state index contributed by atoms with van der Waals surface area (Å²) in [6.07, 6.45) is 1.38. The van der Waals surface area contributed by atoms with Crippen molar-refractivity contribution in [3.05, 3.63) is 11.9 Å². The second-order valence-corrected chi connectivity index (χ2v) is 4.13. The van der Waals surface area contributed by atoms with Crippen molar-refractivity contribution < 1.29 is 13.9 Å². The van der Waals surface area contributed by atoms with Gasteiger partial charge in [0.1, 0.15) is 24.5 Å². The van der Waals surface area contributed by atoms with Gasteiger partial charge in [0.2, 0.25) is 0 Å². The van der Waals surface area contributed by atoms with Crippen LogP contribution in [0.5, 0.6) is 0 Å². The Hall–Kier alpha value is -1.46. The van der Waals surface area contributed by atoms with Crippen LogP contribution in [0, 0.1) is 0 Å². The van der Waals surface area contributed by atoms with Gasteiger partial charge in [-0.25, -0.2) is 9.07 Å². The smallest absolute Gasteiger partial charge is 0.328 e. The van der Waals surface area contributed by atoms with E-state index in [9.17, 15) is 9.18 Å². The van der Waals surface area contributed by atoms with Crippen LogP contribution in [-0.2, 0) is 22.8 Å². The maximum atomic E-state index is 12.1. The predicted molar refractivity (Wildman–Crippen MR) is 50.7 cm³/mol. The first-order valence-electron chi connectivity index (χ1n) is 4.57. The molecule has 0 aromatic carbocycles. The van der Waals surface area contributed by atoms with E-state index >= 15 is 0 Å². The largest absolute Gasteiger partial charge is 0.459 e. The fourth-order valence-corrected chi connectivity index (χ4v) is 0.983. The van der Waals surface area contributed by atoms with E-state index in [1.807, 2.05) is 0 Å². The molecule has 0 unspecified atom stereocenters. The Kier molecular flexibility index (Phi) is 3.39. The van der Waals surface area contributed by atoms with Crippen molar-refractivity contribution in [1.29, 1.82) is 0 Å². The summed E-state index contributed by atoms with van der Waals surface area (Å²) >= 11 is 0. The molecule has 0 saturated carbocycles. The van der Waals surface area contributed by atoms with Crippen molar-refractivity contribution in [2.75, 3.05) is 0 Å². The molecular formula is C9H14FN3O2. The Balaban J connectivity index is 2.51. The molecule has 15 heavy (non-hydrogen) atoms. The van der Waals surface area contributed by atoms with Gasteiger partial charge >= 0.3 is 5.97 Å². The van der Waals surface area contributed by atoms with Crippen molar-refractivity contribution in [3.63, 3.8) is 0 Å². The second-order valence-electron chi connectivity index (χ2n) is 4.13. The minimum Gasteiger partial charge on any atom is -0.459 e. The van der Waals surface area contributed by atoms with E-state index in [1.165, 1.54) is 10.9 Å². The highest BCUT2D eigenvalue weighted by atomic mass is 19.1. The molecule has 0 radical (unpaired) electrons. The van der Waals surface area contributed by atoms with E-state index in [0.717, 1.165) is 0 Å². The molecule has 0 aliphatic carbocycles. The molecule has 1 aromatic rings. The fraction of sp³-hybridized carbons (Fsp3) is 0.667. The highest BCUT2D eigenvalue weighted by Gasteiger charge is 2.16. The van der Waals surface area contributed by atoms with Gasteiger partial charge in [0.05, 0.1) is 6.20 Å². The minimum atomic E-state index is -0.686. The van der Waals surface area contributed by atoms with Crippen LogP contribution in [0.3, 0.4) is 0 Å².